The summed E-state index contributed by atoms with van der Waals surface area (Å²) in [6, 6.07) is 10.2. The van der Waals surface area contributed by atoms with E-state index in [2.05, 4.69) is 20.4 Å². The first-order valence-corrected chi connectivity index (χ1v) is 9.08. The Morgan fingerprint density at radius 3 is 2.62 bits per heavy atom. The van der Waals surface area contributed by atoms with Crippen molar-refractivity contribution in [1.29, 1.82) is 0 Å². The van der Waals surface area contributed by atoms with Gasteiger partial charge < -0.3 is 4.90 Å². The fourth-order valence-electron chi connectivity index (χ4n) is 4.20. The Bertz CT molecular complexity index is 784. The van der Waals surface area contributed by atoms with Crippen molar-refractivity contribution in [2.24, 2.45) is 17.8 Å². The van der Waals surface area contributed by atoms with Crippen LogP contribution in [-0.4, -0.2) is 33.7 Å². The minimum absolute atomic E-state index is 0.000342. The number of aromatic nitrogens is 2. The summed E-state index contributed by atoms with van der Waals surface area (Å²) in [6.45, 7) is 0.915. The predicted octanol–water partition coefficient (Wildman–Crippen LogP) is 3.67. The average Bonchev–Trinajstić information content (AvgIpc) is 3.53. The van der Waals surface area contributed by atoms with Crippen LogP contribution in [0.15, 0.2) is 30.3 Å². The number of benzene rings is 1. The van der Waals surface area contributed by atoms with E-state index in [1.165, 1.54) is 32.1 Å². The van der Waals surface area contributed by atoms with Gasteiger partial charge in [-0.2, -0.15) is 0 Å². The van der Waals surface area contributed by atoms with Gasteiger partial charge in [-0.25, -0.2) is 4.79 Å². The lowest BCUT2D eigenvalue weighted by Gasteiger charge is -2.24. The van der Waals surface area contributed by atoms with Crippen molar-refractivity contribution in [3.8, 4) is 0 Å². The summed E-state index contributed by atoms with van der Waals surface area (Å²) in [5, 5.41) is 12.3. The third kappa shape index (κ3) is 2.62. The van der Waals surface area contributed by atoms with Gasteiger partial charge in [-0.3, -0.25) is 5.32 Å². The number of anilines is 1. The molecule has 0 bridgehead atoms. The SMILES string of the molecule is O=C(Nc1cc2ccccc2nn1)N1C[C@H](C2CC2)C[C@@H]1C1CC1. The number of fused-ring (bicyclic) bond motifs is 1. The number of likely N-dealkylation sites (tertiary alicyclic amines) is 1. The first-order valence-electron chi connectivity index (χ1n) is 9.08. The van der Waals surface area contributed by atoms with Gasteiger partial charge in [0.2, 0.25) is 0 Å². The fraction of sp³-hybridized carbons (Fsp3) is 0.526. The standard InChI is InChI=1S/C19H22N4O/c24-19(20-18-10-14-3-1-2-4-16(14)21-22-18)23-11-15(12-5-6-12)9-17(23)13-7-8-13/h1-4,10,12-13,15,17H,5-9,11H2,(H,20,22,24)/t15-,17-/m1/s1. The topological polar surface area (TPSA) is 58.1 Å². The summed E-state index contributed by atoms with van der Waals surface area (Å²) in [5.74, 6) is 2.85. The maximum absolute atomic E-state index is 12.8. The maximum Gasteiger partial charge on any atom is 0.323 e. The lowest BCUT2D eigenvalue weighted by molar-refractivity contribution is 0.199. The number of urea groups is 1. The summed E-state index contributed by atoms with van der Waals surface area (Å²) in [6.07, 6.45) is 6.47. The second kappa shape index (κ2) is 5.43. The molecule has 2 aliphatic carbocycles. The molecular weight excluding hydrogens is 300 g/mol. The van der Waals surface area contributed by atoms with Crippen molar-refractivity contribution in [3.63, 3.8) is 0 Å². The lowest BCUT2D eigenvalue weighted by Crippen LogP contribution is -2.40. The zero-order valence-electron chi connectivity index (χ0n) is 13.7. The molecule has 1 N–H and O–H groups in total. The Kier molecular flexibility index (Phi) is 3.21. The van der Waals surface area contributed by atoms with Gasteiger partial charge in [0.1, 0.15) is 0 Å². The van der Waals surface area contributed by atoms with Gasteiger partial charge in [0.15, 0.2) is 5.82 Å². The molecule has 1 aromatic carbocycles. The molecule has 2 atom stereocenters. The van der Waals surface area contributed by atoms with E-state index in [-0.39, 0.29) is 6.03 Å². The van der Waals surface area contributed by atoms with Crippen LogP contribution < -0.4 is 5.32 Å². The quantitative estimate of drug-likeness (QED) is 0.938. The van der Waals surface area contributed by atoms with E-state index in [4.69, 9.17) is 0 Å². The van der Waals surface area contributed by atoms with E-state index >= 15 is 0 Å². The van der Waals surface area contributed by atoms with Crippen molar-refractivity contribution >= 4 is 22.8 Å². The second-order valence-electron chi connectivity index (χ2n) is 7.61. The van der Waals surface area contributed by atoms with Crippen LogP contribution in [0.25, 0.3) is 10.9 Å². The summed E-state index contributed by atoms with van der Waals surface area (Å²) in [5.41, 5.74) is 0.848. The van der Waals surface area contributed by atoms with Crippen LogP contribution in [-0.2, 0) is 0 Å². The van der Waals surface area contributed by atoms with Gasteiger partial charge in [0, 0.05) is 18.0 Å². The molecule has 2 saturated carbocycles. The summed E-state index contributed by atoms with van der Waals surface area (Å²) in [7, 11) is 0. The molecule has 5 nitrogen and oxygen atoms in total. The van der Waals surface area contributed by atoms with Crippen LogP contribution in [0.5, 0.6) is 0 Å². The largest absolute Gasteiger partial charge is 0.323 e. The number of carbonyl (C=O) groups excluding carboxylic acids is 1. The monoisotopic (exact) mass is 322 g/mol. The highest BCUT2D eigenvalue weighted by Crippen LogP contribution is 2.48. The molecule has 2 heterocycles. The van der Waals surface area contributed by atoms with Crippen LogP contribution >= 0.6 is 0 Å². The molecule has 124 valence electrons. The number of rotatable bonds is 3. The van der Waals surface area contributed by atoms with Crippen LogP contribution in [0, 0.1) is 17.8 Å². The van der Waals surface area contributed by atoms with Crippen LogP contribution in [0.1, 0.15) is 32.1 Å². The molecule has 1 aromatic heterocycles. The summed E-state index contributed by atoms with van der Waals surface area (Å²) in [4.78, 5) is 14.9. The third-order valence-corrected chi connectivity index (χ3v) is 5.82. The minimum atomic E-state index is -0.000342. The number of nitrogens with zero attached hydrogens (tertiary/aromatic N) is 3. The molecule has 0 radical (unpaired) electrons. The van der Waals surface area contributed by atoms with Crippen molar-refractivity contribution < 1.29 is 4.79 Å². The second-order valence-corrected chi connectivity index (χ2v) is 7.61. The Hall–Kier alpha value is -2.17. The highest BCUT2D eigenvalue weighted by Gasteiger charge is 2.47. The number of hydrogen-bond donors (Lipinski definition) is 1. The molecule has 5 rings (SSSR count). The first kappa shape index (κ1) is 14.2. The fourth-order valence-corrected chi connectivity index (χ4v) is 4.20. The number of nitrogens with one attached hydrogen (secondary N) is 1. The van der Waals surface area contributed by atoms with Crippen molar-refractivity contribution in [3.05, 3.63) is 30.3 Å². The third-order valence-electron chi connectivity index (χ3n) is 5.82. The van der Waals surface area contributed by atoms with Crippen molar-refractivity contribution in [2.75, 3.05) is 11.9 Å². The minimum Gasteiger partial charge on any atom is -0.321 e. The molecule has 2 aromatic rings. The normalized spacial score (nSPS) is 26.8. The molecule has 0 unspecified atom stereocenters. The summed E-state index contributed by atoms with van der Waals surface area (Å²) < 4.78 is 0. The molecule has 5 heteroatoms. The Labute approximate surface area is 141 Å². The molecule has 3 aliphatic rings. The molecule has 2 amide bonds. The molecule has 1 aliphatic heterocycles. The van der Waals surface area contributed by atoms with E-state index in [1.54, 1.807) is 0 Å². The zero-order chi connectivity index (χ0) is 16.1. The summed E-state index contributed by atoms with van der Waals surface area (Å²) >= 11 is 0. The zero-order valence-corrected chi connectivity index (χ0v) is 13.7. The smallest absolute Gasteiger partial charge is 0.321 e. The van der Waals surface area contributed by atoms with Crippen molar-refractivity contribution in [2.45, 2.75) is 38.1 Å². The predicted molar refractivity (Wildman–Crippen MR) is 92.6 cm³/mol. The highest BCUT2D eigenvalue weighted by molar-refractivity contribution is 5.91. The van der Waals surface area contributed by atoms with Gasteiger partial charge in [-0.05, 0) is 62.0 Å². The highest BCUT2D eigenvalue weighted by atomic mass is 16.2. The van der Waals surface area contributed by atoms with Crippen LogP contribution in [0.3, 0.4) is 0 Å². The van der Waals surface area contributed by atoms with E-state index in [0.29, 0.717) is 17.8 Å². The average molecular weight is 322 g/mol. The molecule has 0 spiro atoms. The van der Waals surface area contributed by atoms with Crippen LogP contribution in [0.2, 0.25) is 0 Å². The molecule has 1 saturated heterocycles. The van der Waals surface area contributed by atoms with E-state index < -0.39 is 0 Å². The first-order chi connectivity index (χ1) is 11.8. The van der Waals surface area contributed by atoms with Gasteiger partial charge in [-0.15, -0.1) is 10.2 Å². The Balaban J connectivity index is 1.34. The van der Waals surface area contributed by atoms with Crippen LogP contribution in [0.4, 0.5) is 10.6 Å². The molecule has 3 fully saturated rings. The number of carbonyl (C=O) groups is 1. The van der Waals surface area contributed by atoms with Gasteiger partial charge >= 0.3 is 6.03 Å². The van der Waals surface area contributed by atoms with E-state index in [0.717, 1.165) is 29.3 Å². The Morgan fingerprint density at radius 2 is 1.83 bits per heavy atom. The number of amides is 2. The van der Waals surface area contributed by atoms with E-state index in [9.17, 15) is 4.79 Å². The molecular formula is C19H22N4O. The van der Waals surface area contributed by atoms with Gasteiger partial charge in [0.25, 0.3) is 0 Å². The van der Waals surface area contributed by atoms with Gasteiger partial charge in [0.05, 0.1) is 5.52 Å². The van der Waals surface area contributed by atoms with Crippen molar-refractivity contribution in [1.82, 2.24) is 15.1 Å². The lowest BCUT2D eigenvalue weighted by atomic mass is 9.98. The number of hydrogen-bond acceptors (Lipinski definition) is 3. The Morgan fingerprint density at radius 1 is 1.04 bits per heavy atom. The maximum atomic E-state index is 12.8. The van der Waals surface area contributed by atoms with E-state index in [1.807, 2.05) is 30.3 Å². The van der Waals surface area contributed by atoms with Gasteiger partial charge in [-0.1, -0.05) is 18.2 Å². The molecule has 24 heavy (non-hydrogen) atoms.